The second-order valence-corrected chi connectivity index (χ2v) is 6.49. The Morgan fingerprint density at radius 1 is 0.654 bits per heavy atom. The van der Waals surface area contributed by atoms with Gasteiger partial charge in [0.25, 0.3) is 0 Å². The Bertz CT molecular complexity index is 871. The Hall–Kier alpha value is -2.94. The molecule has 0 aromatic heterocycles. The number of aromatic hydroxyl groups is 2. The lowest BCUT2D eigenvalue weighted by molar-refractivity contribution is 0.409. The van der Waals surface area contributed by atoms with E-state index in [4.69, 9.17) is 4.74 Å². The molecule has 0 fully saturated rings. The van der Waals surface area contributed by atoms with Gasteiger partial charge in [-0.05, 0) is 78.3 Å². The highest BCUT2D eigenvalue weighted by Crippen LogP contribution is 2.24. The van der Waals surface area contributed by atoms with Crippen LogP contribution in [-0.4, -0.2) is 17.3 Å². The number of ether oxygens (including phenoxy) is 1. The standard InChI is InChI=1S/C23H24O3/c1-26-23-13-11-19(9-8-17-4-2-6-21(24)15-17)14-20(23)12-10-18-5-3-7-22(25)16-18/h2-7,11,13-16,24-25H,8-10,12H2,1H3. The average molecular weight is 348 g/mol. The Balaban J connectivity index is 1.69. The molecule has 3 aromatic carbocycles. The quantitative estimate of drug-likeness (QED) is 0.652. The molecule has 0 spiro atoms. The normalized spacial score (nSPS) is 10.7. The van der Waals surface area contributed by atoms with Crippen molar-refractivity contribution in [3.05, 3.63) is 89.0 Å². The Labute approximate surface area is 154 Å². The van der Waals surface area contributed by atoms with E-state index < -0.39 is 0 Å². The summed E-state index contributed by atoms with van der Waals surface area (Å²) in [5, 5.41) is 19.2. The molecule has 26 heavy (non-hydrogen) atoms. The van der Waals surface area contributed by atoms with Gasteiger partial charge >= 0.3 is 0 Å². The summed E-state index contributed by atoms with van der Waals surface area (Å²) in [5.41, 5.74) is 4.66. The van der Waals surface area contributed by atoms with Gasteiger partial charge in [0.1, 0.15) is 17.2 Å². The minimum Gasteiger partial charge on any atom is -0.508 e. The molecule has 0 heterocycles. The first-order chi connectivity index (χ1) is 12.6. The minimum absolute atomic E-state index is 0.300. The highest BCUT2D eigenvalue weighted by molar-refractivity contribution is 5.39. The molecule has 2 N–H and O–H groups in total. The van der Waals surface area contributed by atoms with E-state index in [1.807, 2.05) is 36.4 Å². The van der Waals surface area contributed by atoms with Gasteiger partial charge in [-0.2, -0.15) is 0 Å². The van der Waals surface area contributed by atoms with Crippen molar-refractivity contribution in [1.82, 2.24) is 0 Å². The van der Waals surface area contributed by atoms with E-state index in [9.17, 15) is 10.2 Å². The summed E-state index contributed by atoms with van der Waals surface area (Å²) >= 11 is 0. The summed E-state index contributed by atoms with van der Waals surface area (Å²) in [6.45, 7) is 0. The van der Waals surface area contributed by atoms with E-state index in [0.29, 0.717) is 11.5 Å². The van der Waals surface area contributed by atoms with E-state index in [1.54, 1.807) is 25.3 Å². The summed E-state index contributed by atoms with van der Waals surface area (Å²) in [7, 11) is 1.69. The number of benzene rings is 3. The van der Waals surface area contributed by atoms with Gasteiger partial charge in [-0.1, -0.05) is 36.4 Å². The van der Waals surface area contributed by atoms with Crippen LogP contribution in [0.3, 0.4) is 0 Å². The van der Waals surface area contributed by atoms with Gasteiger partial charge in [0.2, 0.25) is 0 Å². The van der Waals surface area contributed by atoms with Gasteiger partial charge in [-0.25, -0.2) is 0 Å². The Morgan fingerprint density at radius 3 is 1.73 bits per heavy atom. The lowest BCUT2D eigenvalue weighted by Crippen LogP contribution is -1.99. The highest BCUT2D eigenvalue weighted by Gasteiger charge is 2.06. The van der Waals surface area contributed by atoms with E-state index >= 15 is 0 Å². The van der Waals surface area contributed by atoms with Crippen molar-refractivity contribution in [2.24, 2.45) is 0 Å². The lowest BCUT2D eigenvalue weighted by Gasteiger charge is -2.11. The summed E-state index contributed by atoms with van der Waals surface area (Å²) in [5.74, 6) is 1.50. The molecule has 134 valence electrons. The molecule has 3 aromatic rings. The highest BCUT2D eigenvalue weighted by atomic mass is 16.5. The third-order valence-electron chi connectivity index (χ3n) is 4.55. The average Bonchev–Trinajstić information content (AvgIpc) is 2.65. The molecular formula is C23H24O3. The maximum atomic E-state index is 9.61. The molecule has 0 aliphatic heterocycles. The van der Waals surface area contributed by atoms with Crippen LogP contribution in [0.5, 0.6) is 17.2 Å². The zero-order valence-electron chi connectivity index (χ0n) is 15.0. The number of phenols is 2. The molecule has 3 heteroatoms. The van der Waals surface area contributed by atoms with Crippen molar-refractivity contribution in [3.8, 4) is 17.2 Å². The minimum atomic E-state index is 0.300. The van der Waals surface area contributed by atoms with Crippen LogP contribution in [0.2, 0.25) is 0 Å². The van der Waals surface area contributed by atoms with Crippen molar-refractivity contribution in [3.63, 3.8) is 0 Å². The first kappa shape index (κ1) is 17.9. The molecule has 0 atom stereocenters. The fourth-order valence-corrected chi connectivity index (χ4v) is 3.17. The molecule has 0 amide bonds. The molecule has 0 saturated carbocycles. The molecular weight excluding hydrogens is 324 g/mol. The van der Waals surface area contributed by atoms with Gasteiger partial charge in [0, 0.05) is 0 Å². The number of methoxy groups -OCH3 is 1. The van der Waals surface area contributed by atoms with Crippen LogP contribution >= 0.6 is 0 Å². The van der Waals surface area contributed by atoms with E-state index in [0.717, 1.165) is 42.6 Å². The predicted molar refractivity (Wildman–Crippen MR) is 104 cm³/mol. The molecule has 3 rings (SSSR count). The number of phenolic OH excluding ortho intramolecular Hbond substituents is 2. The monoisotopic (exact) mass is 348 g/mol. The van der Waals surface area contributed by atoms with Gasteiger partial charge in [-0.15, -0.1) is 0 Å². The Kier molecular flexibility index (Phi) is 5.80. The first-order valence-electron chi connectivity index (χ1n) is 8.85. The summed E-state index contributed by atoms with van der Waals surface area (Å²) in [4.78, 5) is 0. The van der Waals surface area contributed by atoms with Crippen LogP contribution < -0.4 is 4.74 Å². The predicted octanol–water partition coefficient (Wildman–Crippen LogP) is 4.68. The lowest BCUT2D eigenvalue weighted by atomic mass is 9.98. The van der Waals surface area contributed by atoms with Crippen LogP contribution in [0.1, 0.15) is 22.3 Å². The molecule has 0 unspecified atom stereocenters. The van der Waals surface area contributed by atoms with Crippen LogP contribution in [0.4, 0.5) is 0 Å². The third-order valence-corrected chi connectivity index (χ3v) is 4.55. The zero-order valence-corrected chi connectivity index (χ0v) is 15.0. The molecule has 0 aliphatic rings. The summed E-state index contributed by atoms with van der Waals surface area (Å²) in [6, 6.07) is 21.1. The molecule has 3 nitrogen and oxygen atoms in total. The molecule has 0 bridgehead atoms. The van der Waals surface area contributed by atoms with Crippen molar-refractivity contribution in [1.29, 1.82) is 0 Å². The van der Waals surface area contributed by atoms with Crippen LogP contribution in [0.15, 0.2) is 66.7 Å². The molecule has 0 radical (unpaired) electrons. The second kappa shape index (κ2) is 8.43. The molecule has 0 saturated heterocycles. The SMILES string of the molecule is COc1ccc(CCc2cccc(O)c2)cc1CCc1cccc(O)c1. The maximum Gasteiger partial charge on any atom is 0.122 e. The Morgan fingerprint density at radius 2 is 1.19 bits per heavy atom. The van der Waals surface area contributed by atoms with Gasteiger partial charge in [-0.3, -0.25) is 0 Å². The van der Waals surface area contributed by atoms with Gasteiger partial charge in [0.15, 0.2) is 0 Å². The van der Waals surface area contributed by atoms with Crippen LogP contribution in [0.25, 0.3) is 0 Å². The largest absolute Gasteiger partial charge is 0.508 e. The van der Waals surface area contributed by atoms with Crippen LogP contribution in [-0.2, 0) is 25.7 Å². The second-order valence-electron chi connectivity index (χ2n) is 6.49. The van der Waals surface area contributed by atoms with Crippen molar-refractivity contribution in [2.45, 2.75) is 25.7 Å². The number of hydrogen-bond acceptors (Lipinski definition) is 3. The van der Waals surface area contributed by atoms with Gasteiger partial charge < -0.3 is 14.9 Å². The molecule has 0 aliphatic carbocycles. The van der Waals surface area contributed by atoms with E-state index in [-0.39, 0.29) is 0 Å². The van der Waals surface area contributed by atoms with E-state index in [1.165, 1.54) is 11.1 Å². The zero-order chi connectivity index (χ0) is 18.4. The van der Waals surface area contributed by atoms with Crippen molar-refractivity contribution >= 4 is 0 Å². The van der Waals surface area contributed by atoms with E-state index in [2.05, 4.69) is 12.1 Å². The number of aryl methyl sites for hydroxylation is 4. The smallest absolute Gasteiger partial charge is 0.122 e. The summed E-state index contributed by atoms with van der Waals surface area (Å²) in [6.07, 6.45) is 3.49. The van der Waals surface area contributed by atoms with Crippen molar-refractivity contribution in [2.75, 3.05) is 7.11 Å². The first-order valence-corrected chi connectivity index (χ1v) is 8.85. The fourth-order valence-electron chi connectivity index (χ4n) is 3.17. The van der Waals surface area contributed by atoms with Crippen LogP contribution in [0, 0.1) is 0 Å². The third kappa shape index (κ3) is 4.79. The van der Waals surface area contributed by atoms with Gasteiger partial charge in [0.05, 0.1) is 7.11 Å². The maximum absolute atomic E-state index is 9.61. The van der Waals surface area contributed by atoms with Crippen molar-refractivity contribution < 1.29 is 14.9 Å². The number of hydrogen-bond donors (Lipinski definition) is 2. The topological polar surface area (TPSA) is 49.7 Å². The number of rotatable bonds is 7. The summed E-state index contributed by atoms with van der Waals surface area (Å²) < 4.78 is 5.51. The fraction of sp³-hybridized carbons (Fsp3) is 0.217.